The minimum Gasteiger partial charge on any atom is -0.497 e. The summed E-state index contributed by atoms with van der Waals surface area (Å²) >= 11 is 0. The zero-order valence-electron chi connectivity index (χ0n) is 12.3. The number of carbonyl (C=O) groups excluding carboxylic acids is 1. The molecule has 2 heterocycles. The second-order valence-corrected chi connectivity index (χ2v) is 7.76. The number of methoxy groups -OCH3 is 1. The largest absolute Gasteiger partial charge is 0.497 e. The van der Waals surface area contributed by atoms with E-state index in [1.165, 1.54) is 0 Å². The lowest BCUT2D eigenvalue weighted by Gasteiger charge is -2.12. The van der Waals surface area contributed by atoms with Crippen LogP contribution in [0.2, 0.25) is 0 Å². The van der Waals surface area contributed by atoms with Crippen LogP contribution < -0.4 is 10.1 Å². The van der Waals surface area contributed by atoms with Gasteiger partial charge in [0, 0.05) is 23.1 Å². The number of rotatable bonds is 4. The molecule has 1 N–H and O–H groups in total. The summed E-state index contributed by atoms with van der Waals surface area (Å²) in [7, 11) is -1.37. The normalized spacial score (nSPS) is 20.1. The van der Waals surface area contributed by atoms with Crippen LogP contribution in [0.1, 0.15) is 6.42 Å². The summed E-state index contributed by atoms with van der Waals surface area (Å²) < 4.78 is 29.8. The lowest BCUT2D eigenvalue weighted by Crippen LogP contribution is -2.37. The summed E-state index contributed by atoms with van der Waals surface area (Å²) in [6, 6.07) is 7.32. The van der Waals surface area contributed by atoms with Gasteiger partial charge in [0.2, 0.25) is 5.91 Å². The zero-order valence-corrected chi connectivity index (χ0v) is 13.1. The van der Waals surface area contributed by atoms with Gasteiger partial charge in [0.25, 0.3) is 0 Å². The van der Waals surface area contributed by atoms with Gasteiger partial charge in [-0.15, -0.1) is 0 Å². The van der Waals surface area contributed by atoms with Crippen LogP contribution in [0.4, 0.5) is 0 Å². The second-order valence-electron chi connectivity index (χ2n) is 5.54. The third-order valence-electron chi connectivity index (χ3n) is 3.89. The predicted molar refractivity (Wildman–Crippen MR) is 83.7 cm³/mol. The monoisotopic (exact) mass is 322 g/mol. The SMILES string of the molecule is COc1ccc2c(ccn2CC(=O)NC2CCS(=O)(=O)C2)c1. The van der Waals surface area contributed by atoms with Crippen molar-refractivity contribution in [1.82, 2.24) is 9.88 Å². The number of ether oxygens (including phenoxy) is 1. The molecule has 2 aromatic rings. The summed E-state index contributed by atoms with van der Waals surface area (Å²) in [5.74, 6) is 0.799. The van der Waals surface area contributed by atoms with Crippen LogP contribution in [0.25, 0.3) is 10.9 Å². The highest BCUT2D eigenvalue weighted by Crippen LogP contribution is 2.21. The number of carbonyl (C=O) groups is 1. The standard InChI is InChI=1S/C15H18N2O4S/c1-21-13-2-3-14-11(8-13)4-6-17(14)9-15(18)16-12-5-7-22(19,20)10-12/h2-4,6,8,12H,5,7,9-10H2,1H3,(H,16,18). The van der Waals surface area contributed by atoms with E-state index in [-0.39, 0.29) is 30.0 Å². The van der Waals surface area contributed by atoms with Crippen molar-refractivity contribution in [2.45, 2.75) is 19.0 Å². The number of amides is 1. The molecule has 1 unspecified atom stereocenters. The molecule has 1 atom stereocenters. The quantitative estimate of drug-likeness (QED) is 0.909. The van der Waals surface area contributed by atoms with E-state index in [0.717, 1.165) is 16.7 Å². The fourth-order valence-electron chi connectivity index (χ4n) is 2.78. The molecule has 1 amide bonds. The molecule has 7 heteroatoms. The Hall–Kier alpha value is -2.02. The molecule has 3 rings (SSSR count). The minimum absolute atomic E-state index is 0.0440. The van der Waals surface area contributed by atoms with Gasteiger partial charge in [-0.1, -0.05) is 0 Å². The number of sulfone groups is 1. The number of hydrogen-bond acceptors (Lipinski definition) is 4. The molecule has 1 aliphatic rings. The van der Waals surface area contributed by atoms with Crippen molar-refractivity contribution in [1.29, 1.82) is 0 Å². The second kappa shape index (κ2) is 5.64. The average Bonchev–Trinajstić information content (AvgIpc) is 3.01. The van der Waals surface area contributed by atoms with Crippen LogP contribution >= 0.6 is 0 Å². The minimum atomic E-state index is -2.98. The molecule has 1 aromatic carbocycles. The van der Waals surface area contributed by atoms with E-state index < -0.39 is 9.84 Å². The Bertz CT molecular complexity index is 810. The van der Waals surface area contributed by atoms with Gasteiger partial charge in [-0.05, 0) is 30.7 Å². The van der Waals surface area contributed by atoms with Gasteiger partial charge in [0.15, 0.2) is 9.84 Å². The molecule has 1 aliphatic heterocycles. The van der Waals surface area contributed by atoms with Crippen molar-refractivity contribution in [3.63, 3.8) is 0 Å². The Balaban J connectivity index is 1.69. The lowest BCUT2D eigenvalue weighted by molar-refractivity contribution is -0.122. The topological polar surface area (TPSA) is 77.4 Å². The third-order valence-corrected chi connectivity index (χ3v) is 5.66. The molecule has 0 saturated carbocycles. The van der Waals surface area contributed by atoms with E-state index in [0.29, 0.717) is 6.42 Å². The van der Waals surface area contributed by atoms with Crippen molar-refractivity contribution in [3.05, 3.63) is 30.5 Å². The van der Waals surface area contributed by atoms with Gasteiger partial charge < -0.3 is 14.6 Å². The first-order chi connectivity index (χ1) is 10.5. The summed E-state index contributed by atoms with van der Waals surface area (Å²) in [5, 5.41) is 3.79. The van der Waals surface area contributed by atoms with E-state index in [9.17, 15) is 13.2 Å². The predicted octanol–water partition coefficient (Wildman–Crippen LogP) is 0.953. The van der Waals surface area contributed by atoms with E-state index in [1.54, 1.807) is 7.11 Å². The maximum absolute atomic E-state index is 12.1. The van der Waals surface area contributed by atoms with E-state index >= 15 is 0 Å². The Kier molecular flexibility index (Phi) is 3.82. The number of hydrogen-bond donors (Lipinski definition) is 1. The summed E-state index contributed by atoms with van der Waals surface area (Å²) in [6.07, 6.45) is 2.34. The Labute approximate surface area is 129 Å². The molecule has 1 saturated heterocycles. The van der Waals surface area contributed by atoms with Crippen molar-refractivity contribution < 1.29 is 17.9 Å². The van der Waals surface area contributed by atoms with Crippen molar-refractivity contribution in [3.8, 4) is 5.75 Å². The van der Waals surface area contributed by atoms with Crippen molar-refractivity contribution in [2.75, 3.05) is 18.6 Å². The highest BCUT2D eigenvalue weighted by molar-refractivity contribution is 7.91. The highest BCUT2D eigenvalue weighted by atomic mass is 32.2. The Morgan fingerprint density at radius 3 is 2.91 bits per heavy atom. The van der Waals surface area contributed by atoms with Crippen LogP contribution in [0.3, 0.4) is 0 Å². The van der Waals surface area contributed by atoms with Crippen LogP contribution in [0.15, 0.2) is 30.5 Å². The van der Waals surface area contributed by atoms with Gasteiger partial charge in [-0.2, -0.15) is 0 Å². The molecular formula is C15H18N2O4S. The fourth-order valence-corrected chi connectivity index (χ4v) is 4.45. The molecule has 118 valence electrons. The molecule has 1 fully saturated rings. The number of nitrogens with zero attached hydrogens (tertiary/aromatic N) is 1. The van der Waals surface area contributed by atoms with Crippen LogP contribution in [-0.2, 0) is 21.2 Å². The van der Waals surface area contributed by atoms with Gasteiger partial charge in [0.05, 0.1) is 18.6 Å². The highest BCUT2D eigenvalue weighted by Gasteiger charge is 2.28. The van der Waals surface area contributed by atoms with Gasteiger partial charge in [-0.3, -0.25) is 4.79 Å². The number of aromatic nitrogens is 1. The third kappa shape index (κ3) is 3.09. The fraction of sp³-hybridized carbons (Fsp3) is 0.400. The van der Waals surface area contributed by atoms with E-state index in [4.69, 9.17) is 4.74 Å². The van der Waals surface area contributed by atoms with Crippen LogP contribution in [0.5, 0.6) is 5.75 Å². The van der Waals surface area contributed by atoms with Crippen LogP contribution in [-0.4, -0.2) is 43.5 Å². The van der Waals surface area contributed by atoms with Gasteiger partial charge in [-0.25, -0.2) is 8.42 Å². The van der Waals surface area contributed by atoms with Crippen LogP contribution in [0, 0.1) is 0 Å². The van der Waals surface area contributed by atoms with Crippen molar-refractivity contribution >= 4 is 26.6 Å². The Morgan fingerprint density at radius 2 is 2.23 bits per heavy atom. The summed E-state index contributed by atoms with van der Waals surface area (Å²) in [4.78, 5) is 12.1. The van der Waals surface area contributed by atoms with E-state index in [2.05, 4.69) is 5.32 Å². The molecule has 0 spiro atoms. The summed E-state index contributed by atoms with van der Waals surface area (Å²) in [5.41, 5.74) is 0.940. The number of benzene rings is 1. The maximum Gasteiger partial charge on any atom is 0.240 e. The lowest BCUT2D eigenvalue weighted by atomic mass is 10.2. The zero-order chi connectivity index (χ0) is 15.7. The van der Waals surface area contributed by atoms with Crippen molar-refractivity contribution in [2.24, 2.45) is 0 Å². The first kappa shape index (κ1) is 14.9. The van der Waals surface area contributed by atoms with Gasteiger partial charge in [0.1, 0.15) is 12.3 Å². The maximum atomic E-state index is 12.1. The summed E-state index contributed by atoms with van der Waals surface area (Å²) in [6.45, 7) is 0.173. The smallest absolute Gasteiger partial charge is 0.240 e. The number of fused-ring (bicyclic) bond motifs is 1. The number of nitrogens with one attached hydrogen (secondary N) is 1. The Morgan fingerprint density at radius 1 is 1.41 bits per heavy atom. The first-order valence-electron chi connectivity index (χ1n) is 7.09. The average molecular weight is 322 g/mol. The molecule has 6 nitrogen and oxygen atoms in total. The molecule has 0 bridgehead atoms. The molecule has 0 radical (unpaired) electrons. The molecule has 0 aliphatic carbocycles. The first-order valence-corrected chi connectivity index (χ1v) is 8.92. The molecular weight excluding hydrogens is 304 g/mol. The van der Waals surface area contributed by atoms with Gasteiger partial charge >= 0.3 is 0 Å². The molecule has 1 aromatic heterocycles. The van der Waals surface area contributed by atoms with E-state index in [1.807, 2.05) is 35.0 Å². The molecule has 22 heavy (non-hydrogen) atoms.